The predicted octanol–water partition coefficient (Wildman–Crippen LogP) is 4.31. The van der Waals surface area contributed by atoms with Crippen molar-refractivity contribution in [2.45, 2.75) is 65.5 Å². The lowest BCUT2D eigenvalue weighted by atomic mass is 9.75. The van der Waals surface area contributed by atoms with Crippen LogP contribution < -0.4 is 5.32 Å². The van der Waals surface area contributed by atoms with Crippen LogP contribution in [0.3, 0.4) is 0 Å². The van der Waals surface area contributed by atoms with Gasteiger partial charge in [0.15, 0.2) is 0 Å². The zero-order valence-corrected chi connectivity index (χ0v) is 12.1. The van der Waals surface area contributed by atoms with Crippen molar-refractivity contribution in [1.29, 1.82) is 0 Å². The Morgan fingerprint density at radius 1 is 1.11 bits per heavy atom. The second-order valence-corrected chi connectivity index (χ2v) is 6.44. The third-order valence-electron chi connectivity index (χ3n) is 4.42. The van der Waals surface area contributed by atoms with E-state index in [9.17, 15) is 0 Å². The van der Waals surface area contributed by atoms with Crippen LogP contribution in [0.1, 0.15) is 57.6 Å². The normalized spacial score (nSPS) is 19.9. The maximum absolute atomic E-state index is 3.75. The Morgan fingerprint density at radius 3 is 2.33 bits per heavy atom. The fourth-order valence-corrected chi connectivity index (χ4v) is 2.93. The Bertz CT molecular complexity index is 371. The number of hydrogen-bond acceptors (Lipinski definition) is 1. The fraction of sp³-hybridized carbons (Fsp3) is 0.647. The van der Waals surface area contributed by atoms with E-state index < -0.39 is 0 Å². The second-order valence-electron chi connectivity index (χ2n) is 6.44. The van der Waals surface area contributed by atoms with Crippen molar-refractivity contribution in [2.24, 2.45) is 5.41 Å². The third kappa shape index (κ3) is 3.58. The van der Waals surface area contributed by atoms with Crippen molar-refractivity contribution in [3.63, 3.8) is 0 Å². The molecule has 1 saturated carbocycles. The summed E-state index contributed by atoms with van der Waals surface area (Å²) in [6.07, 6.45) is 6.53. The Hall–Kier alpha value is -0.820. The molecule has 0 amide bonds. The molecule has 0 bridgehead atoms. The molecule has 1 aliphatic rings. The molecule has 1 fully saturated rings. The van der Waals surface area contributed by atoms with Gasteiger partial charge < -0.3 is 5.32 Å². The summed E-state index contributed by atoms with van der Waals surface area (Å²) in [5.41, 5.74) is 3.53. The van der Waals surface area contributed by atoms with E-state index in [0.29, 0.717) is 5.41 Å². The molecule has 1 aromatic rings. The minimum Gasteiger partial charge on any atom is -0.310 e. The van der Waals surface area contributed by atoms with Crippen molar-refractivity contribution in [1.82, 2.24) is 5.32 Å². The highest BCUT2D eigenvalue weighted by Crippen LogP contribution is 2.35. The molecule has 0 heterocycles. The van der Waals surface area contributed by atoms with Gasteiger partial charge in [-0.1, -0.05) is 45.0 Å². The number of benzene rings is 1. The molecule has 1 aliphatic carbocycles. The Kier molecular flexibility index (Phi) is 4.45. The molecular weight excluding hydrogens is 218 g/mol. The Morgan fingerprint density at radius 2 is 1.72 bits per heavy atom. The van der Waals surface area contributed by atoms with E-state index in [1.807, 2.05) is 0 Å². The summed E-state index contributed by atoms with van der Waals surface area (Å²) in [6.45, 7) is 8.07. The highest BCUT2D eigenvalue weighted by molar-refractivity contribution is 5.26. The van der Waals surface area contributed by atoms with Gasteiger partial charge in [0, 0.05) is 12.6 Å². The first-order valence-electron chi connectivity index (χ1n) is 7.41. The summed E-state index contributed by atoms with van der Waals surface area (Å²) in [4.78, 5) is 0. The smallest absolute Gasteiger partial charge is 0.0210 e. The van der Waals surface area contributed by atoms with Crippen LogP contribution in [0.25, 0.3) is 0 Å². The average Bonchev–Trinajstić information content (AvgIpc) is 2.38. The molecule has 0 radical (unpaired) electrons. The van der Waals surface area contributed by atoms with E-state index in [2.05, 4.69) is 50.4 Å². The lowest BCUT2D eigenvalue weighted by Gasteiger charge is -2.34. The predicted molar refractivity (Wildman–Crippen MR) is 78.7 cm³/mol. The van der Waals surface area contributed by atoms with E-state index in [1.165, 1.54) is 36.8 Å². The lowest BCUT2D eigenvalue weighted by Crippen LogP contribution is -2.35. The summed E-state index contributed by atoms with van der Waals surface area (Å²) in [5, 5.41) is 3.75. The monoisotopic (exact) mass is 245 g/mol. The van der Waals surface area contributed by atoms with Crippen LogP contribution in [0.15, 0.2) is 24.3 Å². The molecule has 0 saturated heterocycles. The van der Waals surface area contributed by atoms with Crippen LogP contribution in [0.4, 0.5) is 0 Å². The average molecular weight is 245 g/mol. The highest BCUT2D eigenvalue weighted by Gasteiger charge is 2.26. The minimum absolute atomic E-state index is 0.569. The second kappa shape index (κ2) is 5.88. The first-order valence-corrected chi connectivity index (χ1v) is 7.41. The summed E-state index contributed by atoms with van der Waals surface area (Å²) in [6, 6.07) is 9.54. The van der Waals surface area contributed by atoms with Gasteiger partial charge in [-0.15, -0.1) is 0 Å². The summed E-state index contributed by atoms with van der Waals surface area (Å²) in [7, 11) is 0. The SMILES string of the molecule is CCc1ccccc1CNC1CCC(C)(C)CC1. The first kappa shape index (κ1) is 13.6. The summed E-state index contributed by atoms with van der Waals surface area (Å²) in [5.74, 6) is 0. The molecule has 0 aromatic heterocycles. The van der Waals surface area contributed by atoms with Crippen LogP contribution in [-0.2, 0) is 13.0 Å². The van der Waals surface area contributed by atoms with Crippen molar-refractivity contribution in [2.75, 3.05) is 0 Å². The Labute approximate surface area is 112 Å². The molecule has 100 valence electrons. The van der Waals surface area contributed by atoms with Gasteiger partial charge in [0.2, 0.25) is 0 Å². The molecule has 0 aliphatic heterocycles. The van der Waals surface area contributed by atoms with Gasteiger partial charge in [-0.3, -0.25) is 0 Å². The van der Waals surface area contributed by atoms with Crippen molar-refractivity contribution >= 4 is 0 Å². The molecule has 0 atom stereocenters. The van der Waals surface area contributed by atoms with Crippen molar-refractivity contribution in [3.05, 3.63) is 35.4 Å². The van der Waals surface area contributed by atoms with Crippen LogP contribution in [0.2, 0.25) is 0 Å². The quantitative estimate of drug-likeness (QED) is 0.833. The fourth-order valence-electron chi connectivity index (χ4n) is 2.93. The maximum Gasteiger partial charge on any atom is 0.0210 e. The van der Waals surface area contributed by atoms with E-state index >= 15 is 0 Å². The topological polar surface area (TPSA) is 12.0 Å². The molecule has 1 N–H and O–H groups in total. The van der Waals surface area contributed by atoms with Gasteiger partial charge in [-0.2, -0.15) is 0 Å². The summed E-state index contributed by atoms with van der Waals surface area (Å²) < 4.78 is 0. The molecule has 1 aromatic carbocycles. The molecule has 18 heavy (non-hydrogen) atoms. The number of hydrogen-bond donors (Lipinski definition) is 1. The van der Waals surface area contributed by atoms with Crippen LogP contribution >= 0.6 is 0 Å². The largest absolute Gasteiger partial charge is 0.310 e. The van der Waals surface area contributed by atoms with Crippen LogP contribution in [0.5, 0.6) is 0 Å². The molecular formula is C17H27N. The summed E-state index contributed by atoms with van der Waals surface area (Å²) >= 11 is 0. The van der Waals surface area contributed by atoms with Gasteiger partial charge in [-0.05, 0) is 48.6 Å². The molecule has 1 nitrogen and oxygen atoms in total. The van der Waals surface area contributed by atoms with Gasteiger partial charge in [0.1, 0.15) is 0 Å². The van der Waals surface area contributed by atoms with Gasteiger partial charge in [0.05, 0.1) is 0 Å². The molecule has 0 spiro atoms. The van der Waals surface area contributed by atoms with Gasteiger partial charge >= 0.3 is 0 Å². The number of aryl methyl sites for hydroxylation is 1. The highest BCUT2D eigenvalue weighted by atomic mass is 14.9. The van der Waals surface area contributed by atoms with E-state index in [-0.39, 0.29) is 0 Å². The van der Waals surface area contributed by atoms with Crippen molar-refractivity contribution < 1.29 is 0 Å². The van der Waals surface area contributed by atoms with E-state index in [1.54, 1.807) is 0 Å². The van der Waals surface area contributed by atoms with Crippen molar-refractivity contribution in [3.8, 4) is 0 Å². The molecule has 1 heteroatoms. The van der Waals surface area contributed by atoms with Gasteiger partial charge in [0.25, 0.3) is 0 Å². The van der Waals surface area contributed by atoms with Crippen LogP contribution in [0, 0.1) is 5.41 Å². The van der Waals surface area contributed by atoms with E-state index in [4.69, 9.17) is 0 Å². The Balaban J connectivity index is 1.85. The zero-order valence-electron chi connectivity index (χ0n) is 12.1. The first-order chi connectivity index (χ1) is 8.61. The zero-order chi connectivity index (χ0) is 13.0. The number of rotatable bonds is 4. The number of nitrogens with one attached hydrogen (secondary N) is 1. The van der Waals surface area contributed by atoms with E-state index in [0.717, 1.165) is 19.0 Å². The minimum atomic E-state index is 0.569. The molecule has 2 rings (SSSR count). The standard InChI is InChI=1S/C17H27N/c1-4-14-7-5-6-8-15(14)13-18-16-9-11-17(2,3)12-10-16/h5-8,16,18H,4,9-13H2,1-3H3. The third-order valence-corrected chi connectivity index (χ3v) is 4.42. The van der Waals surface area contributed by atoms with Gasteiger partial charge in [-0.25, -0.2) is 0 Å². The van der Waals surface area contributed by atoms with Crippen LogP contribution in [-0.4, -0.2) is 6.04 Å². The maximum atomic E-state index is 3.75. The lowest BCUT2D eigenvalue weighted by molar-refractivity contribution is 0.206. The molecule has 0 unspecified atom stereocenters.